The fourth-order valence-electron chi connectivity index (χ4n) is 2.09. The summed E-state index contributed by atoms with van der Waals surface area (Å²) >= 11 is 1.13. The van der Waals surface area contributed by atoms with Gasteiger partial charge in [-0.1, -0.05) is 0 Å². The molecule has 2 rings (SSSR count). The maximum atomic E-state index is 11.7. The van der Waals surface area contributed by atoms with Crippen LogP contribution in [0.3, 0.4) is 0 Å². The van der Waals surface area contributed by atoms with Crippen LogP contribution in [0, 0.1) is 0 Å². The first-order valence-corrected chi connectivity index (χ1v) is 7.01. The van der Waals surface area contributed by atoms with Crippen molar-refractivity contribution in [2.24, 2.45) is 5.73 Å². The van der Waals surface area contributed by atoms with Gasteiger partial charge in [-0.3, -0.25) is 4.79 Å². The normalized spacial score (nSPS) is 15.8. The molecule has 1 aromatic heterocycles. The molecule has 0 atom stereocenters. The highest BCUT2D eigenvalue weighted by atomic mass is 32.1. The monoisotopic (exact) mass is 299 g/mol. The van der Waals surface area contributed by atoms with E-state index >= 15 is 0 Å². The van der Waals surface area contributed by atoms with Gasteiger partial charge in [0.2, 0.25) is 0 Å². The van der Waals surface area contributed by atoms with E-state index in [2.05, 4.69) is 4.74 Å². The molecule has 110 valence electrons. The number of methoxy groups -OCH3 is 1. The maximum Gasteiger partial charge on any atom is 0.350 e. The number of hydrogen-bond acceptors (Lipinski definition) is 7. The summed E-state index contributed by atoms with van der Waals surface area (Å²) in [7, 11) is 1.27. The number of primary amides is 1. The second-order valence-corrected chi connectivity index (χ2v) is 5.33. The first kappa shape index (κ1) is 14.6. The summed E-state index contributed by atoms with van der Waals surface area (Å²) < 4.78 is 10.0. The average molecular weight is 299 g/mol. The van der Waals surface area contributed by atoms with Gasteiger partial charge in [-0.2, -0.15) is 0 Å². The number of rotatable bonds is 3. The van der Waals surface area contributed by atoms with Crippen molar-refractivity contribution in [1.82, 2.24) is 0 Å². The average Bonchev–Trinajstić information content (AvgIpc) is 2.62. The number of esters is 1. The Morgan fingerprint density at radius 2 is 2.10 bits per heavy atom. The van der Waals surface area contributed by atoms with Gasteiger partial charge in [-0.05, 0) is 6.42 Å². The van der Waals surface area contributed by atoms with E-state index in [1.165, 1.54) is 7.11 Å². The van der Waals surface area contributed by atoms with Crippen LogP contribution in [0.15, 0.2) is 0 Å². The van der Waals surface area contributed by atoms with Gasteiger partial charge >= 0.3 is 5.97 Å². The Kier molecular flexibility index (Phi) is 4.46. The lowest BCUT2D eigenvalue weighted by Gasteiger charge is -2.20. The van der Waals surface area contributed by atoms with Crippen LogP contribution in [0.5, 0.6) is 0 Å². The van der Waals surface area contributed by atoms with Gasteiger partial charge in [0.15, 0.2) is 0 Å². The third kappa shape index (κ3) is 2.70. The molecule has 7 nitrogen and oxygen atoms in total. The highest BCUT2D eigenvalue weighted by Crippen LogP contribution is 2.38. The minimum absolute atomic E-state index is 0.0921. The number of anilines is 2. The molecule has 0 spiro atoms. The second kappa shape index (κ2) is 6.10. The predicted molar refractivity (Wildman–Crippen MR) is 76.2 cm³/mol. The fourth-order valence-corrected chi connectivity index (χ4v) is 3.28. The predicted octanol–water partition coefficient (Wildman–Crippen LogP) is 0.443. The molecule has 1 aliphatic heterocycles. The van der Waals surface area contributed by atoms with Crippen molar-refractivity contribution in [1.29, 1.82) is 0 Å². The zero-order chi connectivity index (χ0) is 14.7. The molecule has 0 saturated carbocycles. The molecule has 1 aliphatic rings. The SMILES string of the molecule is COC(=O)c1sc(N2CCCOCC2)c(C(N)=O)c1N. The van der Waals surface area contributed by atoms with Crippen molar-refractivity contribution in [3.63, 3.8) is 0 Å². The van der Waals surface area contributed by atoms with Crippen LogP contribution in [0.1, 0.15) is 26.5 Å². The van der Waals surface area contributed by atoms with Gasteiger partial charge in [-0.25, -0.2) is 4.79 Å². The van der Waals surface area contributed by atoms with E-state index in [1.807, 2.05) is 4.90 Å². The highest BCUT2D eigenvalue weighted by molar-refractivity contribution is 7.19. The van der Waals surface area contributed by atoms with Crippen molar-refractivity contribution in [2.75, 3.05) is 44.0 Å². The molecule has 4 N–H and O–H groups in total. The molecule has 1 saturated heterocycles. The van der Waals surface area contributed by atoms with Crippen LogP contribution in [0.2, 0.25) is 0 Å². The lowest BCUT2D eigenvalue weighted by atomic mass is 10.2. The van der Waals surface area contributed by atoms with E-state index in [4.69, 9.17) is 16.2 Å². The summed E-state index contributed by atoms with van der Waals surface area (Å²) in [6.45, 7) is 2.58. The Hall–Kier alpha value is -1.80. The summed E-state index contributed by atoms with van der Waals surface area (Å²) in [5.74, 6) is -1.21. The Bertz CT molecular complexity index is 521. The lowest BCUT2D eigenvalue weighted by molar-refractivity contribution is 0.0607. The van der Waals surface area contributed by atoms with Gasteiger partial charge < -0.3 is 25.8 Å². The van der Waals surface area contributed by atoms with E-state index in [0.29, 0.717) is 24.8 Å². The minimum Gasteiger partial charge on any atom is -0.465 e. The molecule has 0 aliphatic carbocycles. The fraction of sp³-hybridized carbons (Fsp3) is 0.500. The Morgan fingerprint density at radius 1 is 1.35 bits per heavy atom. The third-order valence-corrected chi connectivity index (χ3v) is 4.30. The molecule has 8 heteroatoms. The van der Waals surface area contributed by atoms with Crippen molar-refractivity contribution in [3.05, 3.63) is 10.4 Å². The zero-order valence-corrected chi connectivity index (χ0v) is 12.0. The van der Waals surface area contributed by atoms with Crippen LogP contribution < -0.4 is 16.4 Å². The minimum atomic E-state index is -0.644. The van der Waals surface area contributed by atoms with Gasteiger partial charge in [0, 0.05) is 19.7 Å². The van der Waals surface area contributed by atoms with Crippen LogP contribution >= 0.6 is 11.3 Å². The molecule has 1 amide bonds. The summed E-state index contributed by atoms with van der Waals surface area (Å²) in [6, 6.07) is 0. The number of carbonyl (C=O) groups is 2. The lowest BCUT2D eigenvalue weighted by Crippen LogP contribution is -2.27. The number of ether oxygens (including phenoxy) is 2. The highest BCUT2D eigenvalue weighted by Gasteiger charge is 2.28. The molecule has 0 bridgehead atoms. The van der Waals surface area contributed by atoms with Crippen LogP contribution in [0.25, 0.3) is 0 Å². The van der Waals surface area contributed by atoms with Crippen LogP contribution in [-0.4, -0.2) is 45.3 Å². The van der Waals surface area contributed by atoms with E-state index < -0.39 is 11.9 Å². The molecule has 1 aromatic rings. The molecular weight excluding hydrogens is 282 g/mol. The Balaban J connectivity index is 2.44. The maximum absolute atomic E-state index is 11.7. The van der Waals surface area contributed by atoms with E-state index in [-0.39, 0.29) is 16.1 Å². The van der Waals surface area contributed by atoms with Crippen molar-refractivity contribution in [3.8, 4) is 0 Å². The molecule has 0 unspecified atom stereocenters. The zero-order valence-electron chi connectivity index (χ0n) is 11.2. The number of nitrogens with zero attached hydrogens (tertiary/aromatic N) is 1. The number of nitrogen functional groups attached to an aromatic ring is 1. The first-order chi connectivity index (χ1) is 9.56. The number of carbonyl (C=O) groups excluding carboxylic acids is 2. The number of amides is 1. The smallest absolute Gasteiger partial charge is 0.350 e. The Labute approximate surface area is 120 Å². The molecule has 0 radical (unpaired) electrons. The van der Waals surface area contributed by atoms with Gasteiger partial charge in [0.05, 0.1) is 25.0 Å². The van der Waals surface area contributed by atoms with E-state index in [1.54, 1.807) is 0 Å². The van der Waals surface area contributed by atoms with Crippen molar-refractivity contribution in [2.45, 2.75) is 6.42 Å². The van der Waals surface area contributed by atoms with Gasteiger partial charge in [-0.15, -0.1) is 11.3 Å². The van der Waals surface area contributed by atoms with Crippen LogP contribution in [0.4, 0.5) is 10.7 Å². The topological polar surface area (TPSA) is 108 Å². The number of hydrogen-bond donors (Lipinski definition) is 2. The molecule has 2 heterocycles. The summed E-state index contributed by atoms with van der Waals surface area (Å²) in [5.41, 5.74) is 11.6. The number of thiophene rings is 1. The molecule has 0 aromatic carbocycles. The largest absolute Gasteiger partial charge is 0.465 e. The van der Waals surface area contributed by atoms with Crippen molar-refractivity contribution >= 4 is 33.9 Å². The first-order valence-electron chi connectivity index (χ1n) is 6.19. The van der Waals surface area contributed by atoms with Crippen molar-refractivity contribution < 1.29 is 19.1 Å². The summed E-state index contributed by atoms with van der Waals surface area (Å²) in [4.78, 5) is 25.5. The third-order valence-electron chi connectivity index (χ3n) is 3.05. The second-order valence-electron chi connectivity index (χ2n) is 4.33. The van der Waals surface area contributed by atoms with Gasteiger partial charge in [0.1, 0.15) is 9.88 Å². The quantitative estimate of drug-likeness (QED) is 0.784. The van der Waals surface area contributed by atoms with E-state index in [0.717, 1.165) is 24.3 Å². The van der Waals surface area contributed by atoms with Crippen LogP contribution in [-0.2, 0) is 9.47 Å². The summed E-state index contributed by atoms with van der Waals surface area (Å²) in [6.07, 6.45) is 0.837. The number of nitrogens with two attached hydrogens (primary N) is 2. The molecule has 20 heavy (non-hydrogen) atoms. The van der Waals surface area contributed by atoms with Gasteiger partial charge in [0.25, 0.3) is 5.91 Å². The summed E-state index contributed by atoms with van der Waals surface area (Å²) in [5, 5.41) is 0.612. The standard InChI is InChI=1S/C12H17N3O4S/c1-18-12(17)9-8(13)7(10(14)16)11(20-9)15-3-2-5-19-6-4-15/h2-6,13H2,1H3,(H2,14,16). The molecule has 1 fully saturated rings. The van der Waals surface area contributed by atoms with E-state index in [9.17, 15) is 9.59 Å². The Morgan fingerprint density at radius 3 is 2.75 bits per heavy atom. The molecular formula is C12H17N3O4S.